The van der Waals surface area contributed by atoms with Crippen LogP contribution in [-0.4, -0.2) is 25.6 Å². The predicted molar refractivity (Wildman–Crippen MR) is 82.6 cm³/mol. The Morgan fingerprint density at radius 2 is 1.80 bits per heavy atom. The molecular weight excluding hydrogens is 358 g/mol. The molecule has 2 aromatic rings. The maximum Gasteiger partial charge on any atom is 0.261 e. The van der Waals surface area contributed by atoms with Crippen LogP contribution >= 0.6 is 0 Å². The largest absolute Gasteiger partial charge is 0.454 e. The summed E-state index contributed by atoms with van der Waals surface area (Å²) in [5, 5.41) is 8.48. The number of halogens is 2. The van der Waals surface area contributed by atoms with Crippen LogP contribution in [-0.2, 0) is 14.8 Å². The van der Waals surface area contributed by atoms with Gasteiger partial charge in [-0.3, -0.25) is 10.0 Å². The van der Waals surface area contributed by atoms with Gasteiger partial charge < -0.3 is 4.74 Å². The zero-order chi connectivity index (χ0) is 18.6. The Kier molecular flexibility index (Phi) is 5.67. The number of hydrogen-bond donors (Lipinski definition) is 3. The van der Waals surface area contributed by atoms with E-state index in [0.717, 1.165) is 24.3 Å². The van der Waals surface area contributed by atoms with Crippen molar-refractivity contribution in [2.75, 3.05) is 0 Å². The van der Waals surface area contributed by atoms with E-state index in [9.17, 15) is 22.0 Å². The summed E-state index contributed by atoms with van der Waals surface area (Å²) in [6.45, 7) is 1.20. The topological polar surface area (TPSA) is 105 Å². The lowest BCUT2D eigenvalue weighted by Gasteiger charge is -2.13. The Hall–Kier alpha value is -2.56. The highest BCUT2D eigenvalue weighted by atomic mass is 32.2. The van der Waals surface area contributed by atoms with Crippen LogP contribution in [0, 0.1) is 11.6 Å². The highest BCUT2D eigenvalue weighted by molar-refractivity contribution is 7.89. The molecule has 0 heterocycles. The van der Waals surface area contributed by atoms with Gasteiger partial charge in [0.05, 0.1) is 4.90 Å². The summed E-state index contributed by atoms with van der Waals surface area (Å²) in [5.41, 5.74) is 1.30. The van der Waals surface area contributed by atoms with Crippen molar-refractivity contribution < 1.29 is 31.9 Å². The molecule has 0 bridgehead atoms. The van der Waals surface area contributed by atoms with E-state index < -0.39 is 38.5 Å². The first kappa shape index (κ1) is 18.8. The third kappa shape index (κ3) is 4.72. The maximum atomic E-state index is 14.1. The molecule has 0 saturated heterocycles. The van der Waals surface area contributed by atoms with Crippen molar-refractivity contribution in [2.45, 2.75) is 17.9 Å². The van der Waals surface area contributed by atoms with E-state index in [1.54, 1.807) is 0 Å². The lowest BCUT2D eigenvalue weighted by Crippen LogP contribution is -2.43. The second-order valence-electron chi connectivity index (χ2n) is 4.97. The molecule has 0 fully saturated rings. The Morgan fingerprint density at radius 3 is 2.36 bits per heavy atom. The number of benzene rings is 2. The van der Waals surface area contributed by atoms with E-state index in [1.807, 2.05) is 4.72 Å². The summed E-state index contributed by atoms with van der Waals surface area (Å²) in [5.74, 6) is -2.51. The number of hydroxylamine groups is 1. The van der Waals surface area contributed by atoms with Gasteiger partial charge in [-0.2, -0.15) is 4.72 Å². The average molecular weight is 372 g/mol. The summed E-state index contributed by atoms with van der Waals surface area (Å²) < 4.78 is 58.3. The molecule has 0 spiro atoms. The van der Waals surface area contributed by atoms with Gasteiger partial charge in [0.1, 0.15) is 17.6 Å². The zero-order valence-corrected chi connectivity index (χ0v) is 13.7. The normalized spacial score (nSPS) is 12.5. The third-order valence-corrected chi connectivity index (χ3v) is 4.63. The molecule has 0 radical (unpaired) electrons. The minimum absolute atomic E-state index is 0.169. The standard InChI is InChI=1S/C15H14F2N2O5S/c1-9(15(20)18-21)19-25(22,23)12-6-7-14(13(17)8-12)24-11-4-2-10(16)3-5-11/h2-9,19,21H,1H3,(H,18,20). The first-order valence-electron chi connectivity index (χ1n) is 6.92. The summed E-state index contributed by atoms with van der Waals surface area (Å²) >= 11 is 0. The van der Waals surface area contributed by atoms with Crippen LogP contribution in [0.25, 0.3) is 0 Å². The van der Waals surface area contributed by atoms with Crippen molar-refractivity contribution >= 4 is 15.9 Å². The van der Waals surface area contributed by atoms with Crippen molar-refractivity contribution in [3.63, 3.8) is 0 Å². The monoisotopic (exact) mass is 372 g/mol. The number of nitrogens with one attached hydrogen (secondary N) is 2. The van der Waals surface area contributed by atoms with Gasteiger partial charge in [0, 0.05) is 0 Å². The number of amides is 1. The van der Waals surface area contributed by atoms with Crippen LogP contribution in [0.2, 0.25) is 0 Å². The van der Waals surface area contributed by atoms with Crippen LogP contribution in [0.1, 0.15) is 6.92 Å². The highest BCUT2D eigenvalue weighted by Gasteiger charge is 2.23. The van der Waals surface area contributed by atoms with E-state index in [2.05, 4.69) is 0 Å². The Morgan fingerprint density at radius 1 is 1.16 bits per heavy atom. The van der Waals surface area contributed by atoms with Gasteiger partial charge in [0.25, 0.3) is 5.91 Å². The third-order valence-electron chi connectivity index (χ3n) is 3.09. The van der Waals surface area contributed by atoms with Gasteiger partial charge in [0.15, 0.2) is 11.6 Å². The van der Waals surface area contributed by atoms with Crippen molar-refractivity contribution in [3.05, 3.63) is 54.1 Å². The van der Waals surface area contributed by atoms with Gasteiger partial charge in [0.2, 0.25) is 10.0 Å². The van der Waals surface area contributed by atoms with Crippen LogP contribution in [0.3, 0.4) is 0 Å². The fourth-order valence-corrected chi connectivity index (χ4v) is 3.03. The van der Waals surface area contributed by atoms with Crippen LogP contribution < -0.4 is 14.9 Å². The number of sulfonamides is 1. The quantitative estimate of drug-likeness (QED) is 0.531. The number of carbonyl (C=O) groups excluding carboxylic acids is 1. The smallest absolute Gasteiger partial charge is 0.261 e. The molecule has 0 aromatic heterocycles. The molecule has 1 unspecified atom stereocenters. The van der Waals surface area contributed by atoms with Crippen LogP contribution in [0.4, 0.5) is 8.78 Å². The van der Waals surface area contributed by atoms with E-state index in [1.165, 1.54) is 24.5 Å². The molecule has 2 aromatic carbocycles. The van der Waals surface area contributed by atoms with Gasteiger partial charge in [-0.25, -0.2) is 22.7 Å². The molecule has 7 nitrogen and oxygen atoms in total. The van der Waals surface area contributed by atoms with Gasteiger partial charge in [-0.1, -0.05) is 0 Å². The van der Waals surface area contributed by atoms with Crippen molar-refractivity contribution in [1.82, 2.24) is 10.2 Å². The Labute approximate surface area is 142 Å². The number of rotatable bonds is 6. The van der Waals surface area contributed by atoms with Gasteiger partial charge >= 0.3 is 0 Å². The van der Waals surface area contributed by atoms with E-state index >= 15 is 0 Å². The summed E-state index contributed by atoms with van der Waals surface area (Å²) in [7, 11) is -4.20. The van der Waals surface area contributed by atoms with Crippen molar-refractivity contribution in [2.24, 2.45) is 0 Å². The van der Waals surface area contributed by atoms with Crippen LogP contribution in [0.15, 0.2) is 47.4 Å². The molecule has 1 atom stereocenters. The maximum absolute atomic E-state index is 14.1. The molecule has 0 aliphatic carbocycles. The fraction of sp³-hybridized carbons (Fsp3) is 0.133. The molecule has 134 valence electrons. The number of hydrogen-bond acceptors (Lipinski definition) is 5. The summed E-state index contributed by atoms with van der Waals surface area (Å²) in [4.78, 5) is 10.7. The predicted octanol–water partition coefficient (Wildman–Crippen LogP) is 1.93. The highest BCUT2D eigenvalue weighted by Crippen LogP contribution is 2.26. The lowest BCUT2D eigenvalue weighted by atomic mass is 10.3. The number of carbonyl (C=O) groups is 1. The molecule has 1 amide bonds. The first-order valence-corrected chi connectivity index (χ1v) is 8.40. The molecular formula is C15H14F2N2O5S. The molecule has 0 aliphatic rings. The fourth-order valence-electron chi connectivity index (χ4n) is 1.81. The van der Waals surface area contributed by atoms with E-state index in [4.69, 9.17) is 9.94 Å². The molecule has 3 N–H and O–H groups in total. The van der Waals surface area contributed by atoms with E-state index in [-0.39, 0.29) is 11.5 Å². The second kappa shape index (κ2) is 7.55. The Bertz CT molecular complexity index is 872. The zero-order valence-electron chi connectivity index (χ0n) is 12.9. The molecule has 2 rings (SSSR count). The first-order chi connectivity index (χ1) is 11.7. The van der Waals surface area contributed by atoms with Gasteiger partial charge in [-0.15, -0.1) is 0 Å². The van der Waals surface area contributed by atoms with Crippen molar-refractivity contribution in [3.8, 4) is 11.5 Å². The number of ether oxygens (including phenoxy) is 1. The minimum atomic E-state index is -4.20. The average Bonchev–Trinajstić information content (AvgIpc) is 2.57. The summed E-state index contributed by atoms with van der Waals surface area (Å²) in [6.07, 6.45) is 0. The van der Waals surface area contributed by atoms with E-state index in [0.29, 0.717) is 6.07 Å². The molecule has 25 heavy (non-hydrogen) atoms. The summed E-state index contributed by atoms with van der Waals surface area (Å²) in [6, 6.07) is 6.44. The Balaban J connectivity index is 2.20. The molecule has 0 aliphatic heterocycles. The second-order valence-corrected chi connectivity index (χ2v) is 6.68. The molecule has 10 heteroatoms. The van der Waals surface area contributed by atoms with Crippen LogP contribution in [0.5, 0.6) is 11.5 Å². The SMILES string of the molecule is CC(NS(=O)(=O)c1ccc(Oc2ccc(F)cc2)c(F)c1)C(=O)NO. The lowest BCUT2D eigenvalue weighted by molar-refractivity contribution is -0.130. The van der Waals surface area contributed by atoms with Gasteiger partial charge in [-0.05, 0) is 49.4 Å². The minimum Gasteiger partial charge on any atom is -0.454 e. The van der Waals surface area contributed by atoms with Crippen molar-refractivity contribution in [1.29, 1.82) is 0 Å². The molecule has 0 saturated carbocycles.